The first-order valence-electron chi connectivity index (χ1n) is 8.21. The minimum absolute atomic E-state index is 0. The molecule has 7 heteroatoms. The number of likely N-dealkylation sites (tertiary alicyclic amines) is 1. The van der Waals surface area contributed by atoms with Gasteiger partial charge in [-0.2, -0.15) is 0 Å². The molecule has 0 saturated carbocycles. The van der Waals surface area contributed by atoms with Crippen molar-refractivity contribution in [3.63, 3.8) is 0 Å². The van der Waals surface area contributed by atoms with Gasteiger partial charge in [-0.15, -0.1) is 0 Å². The molecule has 0 aromatic heterocycles. The maximum Gasteiger partial charge on any atom is 0.410 e. The standard InChI is InChI=1S/C18H27NO4S.H2O/c1-13-10-14(11-19(13)17(20)23-18(2,3)4)12-22-15-6-8-16(9-7-15)24(5)21;/h6-9,13-14H,10-12H2,1-5H3;1H2. The van der Waals surface area contributed by atoms with Crippen LogP contribution in [0, 0.1) is 5.92 Å². The Bertz CT molecular complexity index is 596. The van der Waals surface area contributed by atoms with Gasteiger partial charge in [-0.3, -0.25) is 4.21 Å². The minimum atomic E-state index is -0.980. The SMILES string of the molecule is CC1CC(COc2ccc(S(C)=O)cc2)CN1C(=O)OC(C)(C)C.O. The van der Waals surface area contributed by atoms with Gasteiger partial charge in [0.2, 0.25) is 0 Å². The summed E-state index contributed by atoms with van der Waals surface area (Å²) in [7, 11) is -0.980. The van der Waals surface area contributed by atoms with E-state index in [9.17, 15) is 9.00 Å². The van der Waals surface area contributed by atoms with Gasteiger partial charge < -0.3 is 19.8 Å². The monoisotopic (exact) mass is 371 g/mol. The molecule has 2 rings (SSSR count). The smallest absolute Gasteiger partial charge is 0.410 e. The molecule has 1 aliphatic rings. The second-order valence-electron chi connectivity index (χ2n) is 7.32. The number of hydrogen-bond acceptors (Lipinski definition) is 4. The van der Waals surface area contributed by atoms with E-state index in [4.69, 9.17) is 9.47 Å². The van der Waals surface area contributed by atoms with Crippen molar-refractivity contribution >= 4 is 16.9 Å². The van der Waals surface area contributed by atoms with Gasteiger partial charge in [-0.25, -0.2) is 4.79 Å². The molecule has 2 N–H and O–H groups in total. The summed E-state index contributed by atoms with van der Waals surface area (Å²) in [5.74, 6) is 1.04. The fraction of sp³-hybridized carbons (Fsp3) is 0.611. The van der Waals surface area contributed by atoms with Crippen LogP contribution in [0.4, 0.5) is 4.79 Å². The second kappa shape index (κ2) is 8.67. The summed E-state index contributed by atoms with van der Waals surface area (Å²) < 4.78 is 22.7. The van der Waals surface area contributed by atoms with Crippen LogP contribution >= 0.6 is 0 Å². The number of amides is 1. The van der Waals surface area contributed by atoms with Crippen molar-refractivity contribution in [3.8, 4) is 5.75 Å². The van der Waals surface area contributed by atoms with Crippen LogP contribution in [-0.4, -0.2) is 51.7 Å². The zero-order chi connectivity index (χ0) is 17.9. The molecule has 1 amide bonds. The summed E-state index contributed by atoms with van der Waals surface area (Å²) >= 11 is 0. The third-order valence-corrected chi connectivity index (χ3v) is 4.87. The third kappa shape index (κ3) is 6.32. The summed E-state index contributed by atoms with van der Waals surface area (Å²) in [6.45, 7) is 8.86. The first-order valence-corrected chi connectivity index (χ1v) is 9.77. The average molecular weight is 371 g/mol. The van der Waals surface area contributed by atoms with Crippen LogP contribution in [0.1, 0.15) is 34.1 Å². The molecule has 1 aromatic carbocycles. The number of carbonyl (C=O) groups excluding carboxylic acids is 1. The van der Waals surface area contributed by atoms with Crippen LogP contribution in [0.2, 0.25) is 0 Å². The molecule has 1 heterocycles. The van der Waals surface area contributed by atoms with Crippen molar-refractivity contribution in [3.05, 3.63) is 24.3 Å². The zero-order valence-corrected chi connectivity index (χ0v) is 16.4. The van der Waals surface area contributed by atoms with Gasteiger partial charge in [-0.05, 0) is 58.4 Å². The fourth-order valence-corrected chi connectivity index (χ4v) is 3.30. The molecule has 1 aromatic rings. The van der Waals surface area contributed by atoms with Gasteiger partial charge in [-0.1, -0.05) is 0 Å². The van der Waals surface area contributed by atoms with Crippen LogP contribution < -0.4 is 4.74 Å². The van der Waals surface area contributed by atoms with Gasteiger partial charge >= 0.3 is 6.09 Å². The molecule has 0 aliphatic carbocycles. The highest BCUT2D eigenvalue weighted by molar-refractivity contribution is 7.84. The lowest BCUT2D eigenvalue weighted by Gasteiger charge is -2.27. The maximum atomic E-state index is 12.2. The Morgan fingerprint density at radius 3 is 2.40 bits per heavy atom. The van der Waals surface area contributed by atoms with E-state index in [2.05, 4.69) is 0 Å². The Morgan fingerprint density at radius 1 is 1.28 bits per heavy atom. The maximum absolute atomic E-state index is 12.2. The van der Waals surface area contributed by atoms with Crippen molar-refractivity contribution in [2.75, 3.05) is 19.4 Å². The lowest BCUT2D eigenvalue weighted by molar-refractivity contribution is 0.0231. The molecule has 1 saturated heterocycles. The molecule has 6 nitrogen and oxygen atoms in total. The lowest BCUT2D eigenvalue weighted by Crippen LogP contribution is -2.39. The number of rotatable bonds is 4. The molecule has 0 bridgehead atoms. The summed E-state index contributed by atoms with van der Waals surface area (Å²) in [5.41, 5.74) is -0.480. The lowest BCUT2D eigenvalue weighted by atomic mass is 10.1. The number of carbonyl (C=O) groups is 1. The minimum Gasteiger partial charge on any atom is -0.493 e. The Hall–Kier alpha value is -1.60. The van der Waals surface area contributed by atoms with Crippen molar-refractivity contribution in [2.24, 2.45) is 5.92 Å². The summed E-state index contributed by atoms with van der Waals surface area (Å²) in [6, 6.07) is 7.45. The van der Waals surface area contributed by atoms with Gasteiger partial charge in [0.15, 0.2) is 0 Å². The Morgan fingerprint density at radius 2 is 1.88 bits per heavy atom. The first-order chi connectivity index (χ1) is 11.2. The van der Waals surface area contributed by atoms with Crippen LogP contribution in [0.5, 0.6) is 5.75 Å². The first kappa shape index (κ1) is 21.4. The number of hydrogen-bond donors (Lipinski definition) is 0. The molecule has 3 atom stereocenters. The number of ether oxygens (including phenoxy) is 2. The van der Waals surface area contributed by atoms with E-state index < -0.39 is 16.4 Å². The van der Waals surface area contributed by atoms with Gasteiger partial charge in [0.1, 0.15) is 11.4 Å². The summed E-state index contributed by atoms with van der Waals surface area (Å²) in [4.78, 5) is 14.8. The van der Waals surface area contributed by atoms with Crippen molar-refractivity contribution in [1.82, 2.24) is 4.90 Å². The second-order valence-corrected chi connectivity index (χ2v) is 8.70. The van der Waals surface area contributed by atoms with Crippen LogP contribution in [0.25, 0.3) is 0 Å². The number of benzene rings is 1. The van der Waals surface area contributed by atoms with Crippen molar-refractivity contribution in [1.29, 1.82) is 0 Å². The molecule has 1 aliphatic heterocycles. The summed E-state index contributed by atoms with van der Waals surface area (Å²) in [6.07, 6.45) is 2.30. The molecule has 25 heavy (non-hydrogen) atoms. The van der Waals surface area contributed by atoms with Crippen LogP contribution in [-0.2, 0) is 15.5 Å². The topological polar surface area (TPSA) is 87.3 Å². The molecular formula is C18H29NO5S. The van der Waals surface area contributed by atoms with E-state index in [0.29, 0.717) is 13.2 Å². The van der Waals surface area contributed by atoms with E-state index in [1.54, 1.807) is 11.2 Å². The van der Waals surface area contributed by atoms with E-state index in [1.165, 1.54) is 0 Å². The zero-order valence-electron chi connectivity index (χ0n) is 15.6. The molecule has 3 unspecified atom stereocenters. The highest BCUT2D eigenvalue weighted by atomic mass is 32.2. The van der Waals surface area contributed by atoms with Crippen LogP contribution in [0.3, 0.4) is 0 Å². The Kier molecular flexibility index (Phi) is 7.44. The third-order valence-electron chi connectivity index (χ3n) is 3.93. The van der Waals surface area contributed by atoms with Crippen molar-refractivity contribution < 1.29 is 24.0 Å². The van der Waals surface area contributed by atoms with Gasteiger partial charge in [0.05, 0.1) is 6.61 Å². The largest absolute Gasteiger partial charge is 0.493 e. The predicted molar refractivity (Wildman–Crippen MR) is 98.4 cm³/mol. The quantitative estimate of drug-likeness (QED) is 0.814. The Balaban J connectivity index is 0.00000312. The van der Waals surface area contributed by atoms with E-state index in [1.807, 2.05) is 52.0 Å². The van der Waals surface area contributed by atoms with Crippen molar-refractivity contribution in [2.45, 2.75) is 50.7 Å². The van der Waals surface area contributed by atoms with Gasteiger partial charge in [0, 0.05) is 40.5 Å². The molecule has 1 fully saturated rings. The van der Waals surface area contributed by atoms with Crippen LogP contribution in [0.15, 0.2) is 29.2 Å². The Labute approximate surface area is 152 Å². The van der Waals surface area contributed by atoms with Gasteiger partial charge in [0.25, 0.3) is 0 Å². The summed E-state index contributed by atoms with van der Waals surface area (Å²) in [5, 5.41) is 0. The molecule has 142 valence electrons. The number of nitrogens with zero attached hydrogens (tertiary/aromatic N) is 1. The average Bonchev–Trinajstić information content (AvgIpc) is 2.85. The highest BCUT2D eigenvalue weighted by Crippen LogP contribution is 2.26. The highest BCUT2D eigenvalue weighted by Gasteiger charge is 2.35. The van der Waals surface area contributed by atoms with E-state index >= 15 is 0 Å². The van der Waals surface area contributed by atoms with E-state index in [-0.39, 0.29) is 23.5 Å². The van der Waals surface area contributed by atoms with E-state index in [0.717, 1.165) is 17.1 Å². The molecule has 0 radical (unpaired) electrons. The molecule has 0 spiro atoms. The normalized spacial score (nSPS) is 21.4. The molecular weight excluding hydrogens is 342 g/mol. The predicted octanol–water partition coefficient (Wildman–Crippen LogP) is 2.62. The fourth-order valence-electron chi connectivity index (χ4n) is 2.78.